The molecule has 0 radical (unpaired) electrons. The average Bonchev–Trinajstić information content (AvgIpc) is 2.88. The van der Waals surface area contributed by atoms with Crippen molar-refractivity contribution in [3.05, 3.63) is 41.2 Å². The number of hydrogen-bond donors (Lipinski definition) is 0. The molecule has 0 spiro atoms. The lowest BCUT2D eigenvalue weighted by Gasteiger charge is -2.26. The monoisotopic (exact) mass is 285 g/mol. The molecule has 0 atom stereocenters. The zero-order valence-corrected chi connectivity index (χ0v) is 11.7. The molecule has 1 saturated carbocycles. The number of rotatable bonds is 4. The van der Waals surface area contributed by atoms with Gasteiger partial charge in [-0.3, -0.25) is 4.79 Å². The number of benzene rings is 1. The van der Waals surface area contributed by atoms with Gasteiger partial charge in [-0.25, -0.2) is 9.48 Å². The van der Waals surface area contributed by atoms with E-state index in [-0.39, 0.29) is 5.97 Å². The first-order chi connectivity index (χ1) is 10.2. The van der Waals surface area contributed by atoms with Gasteiger partial charge in [0.1, 0.15) is 5.69 Å². The molecule has 2 aromatic rings. The second-order valence-corrected chi connectivity index (χ2v) is 5.06. The van der Waals surface area contributed by atoms with Crippen LogP contribution in [-0.4, -0.2) is 34.4 Å². The van der Waals surface area contributed by atoms with Crippen LogP contribution in [0.25, 0.3) is 5.69 Å². The van der Waals surface area contributed by atoms with Gasteiger partial charge in [-0.15, -0.1) is 5.10 Å². The molecule has 6 nitrogen and oxygen atoms in total. The first-order valence-corrected chi connectivity index (χ1v) is 6.84. The number of carbonyl (C=O) groups excluding carboxylic acids is 2. The number of carbonyl (C=O) groups is 2. The van der Waals surface area contributed by atoms with Crippen molar-refractivity contribution >= 4 is 12.3 Å². The Balaban J connectivity index is 1.98. The van der Waals surface area contributed by atoms with Gasteiger partial charge >= 0.3 is 5.97 Å². The summed E-state index contributed by atoms with van der Waals surface area (Å²) in [7, 11) is 1.35. The molecule has 0 amide bonds. The summed E-state index contributed by atoms with van der Waals surface area (Å²) < 4.78 is 6.36. The van der Waals surface area contributed by atoms with Crippen molar-refractivity contribution in [2.75, 3.05) is 7.11 Å². The molecular formula is C15H15N3O3. The Morgan fingerprint density at radius 2 is 2.05 bits per heavy atom. The molecule has 1 fully saturated rings. The van der Waals surface area contributed by atoms with Crippen LogP contribution in [0.5, 0.6) is 0 Å². The lowest BCUT2D eigenvalue weighted by atomic mass is 9.82. The number of aromatic nitrogens is 3. The fourth-order valence-corrected chi connectivity index (χ4v) is 2.50. The van der Waals surface area contributed by atoms with Crippen LogP contribution < -0.4 is 0 Å². The van der Waals surface area contributed by atoms with Gasteiger partial charge < -0.3 is 4.74 Å². The van der Waals surface area contributed by atoms with E-state index in [9.17, 15) is 9.59 Å². The second-order valence-electron chi connectivity index (χ2n) is 5.06. The highest BCUT2D eigenvalue weighted by Gasteiger charge is 2.28. The third-order valence-electron chi connectivity index (χ3n) is 3.87. The summed E-state index contributed by atoms with van der Waals surface area (Å²) in [6.07, 6.45) is 4.01. The van der Waals surface area contributed by atoms with E-state index in [1.807, 2.05) is 0 Å². The van der Waals surface area contributed by atoms with Crippen molar-refractivity contribution in [3.63, 3.8) is 0 Å². The predicted octanol–water partition coefficient (Wildman–Crippen LogP) is 2.13. The van der Waals surface area contributed by atoms with Crippen LogP contribution in [0.15, 0.2) is 24.3 Å². The van der Waals surface area contributed by atoms with Crippen LogP contribution in [0, 0.1) is 0 Å². The van der Waals surface area contributed by atoms with E-state index in [1.54, 1.807) is 28.9 Å². The van der Waals surface area contributed by atoms with Gasteiger partial charge in [0.25, 0.3) is 0 Å². The Bertz CT molecular complexity index is 672. The Morgan fingerprint density at radius 3 is 2.57 bits per heavy atom. The summed E-state index contributed by atoms with van der Waals surface area (Å²) in [6.45, 7) is 0. The maximum Gasteiger partial charge on any atom is 0.337 e. The van der Waals surface area contributed by atoms with Crippen LogP contribution >= 0.6 is 0 Å². The fraction of sp³-hybridized carbons (Fsp3) is 0.333. The molecule has 21 heavy (non-hydrogen) atoms. The minimum Gasteiger partial charge on any atom is -0.465 e. The molecule has 0 saturated heterocycles. The summed E-state index contributed by atoms with van der Waals surface area (Å²) in [6, 6.07) is 6.90. The Morgan fingerprint density at radius 1 is 1.33 bits per heavy atom. The number of nitrogens with zero attached hydrogens (tertiary/aromatic N) is 3. The number of ether oxygens (including phenoxy) is 1. The Kier molecular flexibility index (Phi) is 3.51. The molecular weight excluding hydrogens is 270 g/mol. The van der Waals surface area contributed by atoms with Gasteiger partial charge in [0.15, 0.2) is 6.29 Å². The number of aldehydes is 1. The topological polar surface area (TPSA) is 74.1 Å². The van der Waals surface area contributed by atoms with E-state index in [1.165, 1.54) is 7.11 Å². The Labute approximate surface area is 121 Å². The van der Waals surface area contributed by atoms with E-state index in [0.717, 1.165) is 36.9 Å². The van der Waals surface area contributed by atoms with Crippen molar-refractivity contribution in [2.45, 2.75) is 25.2 Å². The molecule has 108 valence electrons. The van der Waals surface area contributed by atoms with Gasteiger partial charge in [-0.2, -0.15) is 0 Å². The van der Waals surface area contributed by atoms with Crippen LogP contribution in [0.3, 0.4) is 0 Å². The molecule has 0 bridgehead atoms. The van der Waals surface area contributed by atoms with E-state index in [4.69, 9.17) is 0 Å². The zero-order chi connectivity index (χ0) is 14.8. The lowest BCUT2D eigenvalue weighted by molar-refractivity contribution is 0.0600. The SMILES string of the molecule is COC(=O)c1ccc(-n2nnc(C=O)c2C2CCC2)cc1. The highest BCUT2D eigenvalue weighted by atomic mass is 16.5. The third-order valence-corrected chi connectivity index (χ3v) is 3.87. The molecule has 6 heteroatoms. The minimum atomic E-state index is -0.382. The van der Waals surface area contributed by atoms with Crippen molar-refractivity contribution < 1.29 is 14.3 Å². The lowest BCUT2D eigenvalue weighted by Crippen LogP contribution is -2.16. The molecule has 0 N–H and O–H groups in total. The number of esters is 1. The predicted molar refractivity (Wildman–Crippen MR) is 74.7 cm³/mol. The van der Waals surface area contributed by atoms with Crippen molar-refractivity contribution in [1.82, 2.24) is 15.0 Å². The molecule has 1 heterocycles. The smallest absolute Gasteiger partial charge is 0.337 e. The van der Waals surface area contributed by atoms with E-state index in [2.05, 4.69) is 15.0 Å². The molecule has 0 aliphatic heterocycles. The van der Waals surface area contributed by atoms with Gasteiger partial charge in [0.2, 0.25) is 0 Å². The molecule has 1 aliphatic rings. The third kappa shape index (κ3) is 2.33. The number of methoxy groups -OCH3 is 1. The minimum absolute atomic E-state index is 0.334. The van der Waals surface area contributed by atoms with Crippen LogP contribution in [0.4, 0.5) is 0 Å². The largest absolute Gasteiger partial charge is 0.465 e. The molecule has 1 aliphatic carbocycles. The van der Waals surface area contributed by atoms with Crippen LogP contribution in [0.2, 0.25) is 0 Å². The van der Waals surface area contributed by atoms with Crippen molar-refractivity contribution in [3.8, 4) is 5.69 Å². The highest BCUT2D eigenvalue weighted by molar-refractivity contribution is 5.89. The first-order valence-electron chi connectivity index (χ1n) is 6.84. The van der Waals surface area contributed by atoms with Gasteiger partial charge in [-0.1, -0.05) is 11.6 Å². The standard InChI is InChI=1S/C15H15N3O3/c1-21-15(20)11-5-7-12(8-6-11)18-14(10-3-2-4-10)13(9-19)16-17-18/h5-10H,2-4H2,1H3. The average molecular weight is 285 g/mol. The van der Waals surface area contributed by atoms with Crippen molar-refractivity contribution in [1.29, 1.82) is 0 Å². The van der Waals surface area contributed by atoms with Gasteiger partial charge in [0.05, 0.1) is 24.1 Å². The molecule has 0 unspecified atom stereocenters. The second kappa shape index (κ2) is 5.47. The van der Waals surface area contributed by atoms with Crippen LogP contribution in [-0.2, 0) is 4.74 Å². The first kappa shape index (κ1) is 13.5. The van der Waals surface area contributed by atoms with Gasteiger partial charge in [0, 0.05) is 5.92 Å². The van der Waals surface area contributed by atoms with E-state index < -0.39 is 0 Å². The Hall–Kier alpha value is -2.50. The molecule has 3 rings (SSSR count). The van der Waals surface area contributed by atoms with E-state index in [0.29, 0.717) is 17.2 Å². The van der Waals surface area contributed by atoms with Crippen molar-refractivity contribution in [2.24, 2.45) is 0 Å². The normalized spacial score (nSPS) is 14.5. The zero-order valence-electron chi connectivity index (χ0n) is 11.7. The molecule has 1 aromatic heterocycles. The van der Waals surface area contributed by atoms with Gasteiger partial charge in [-0.05, 0) is 37.1 Å². The van der Waals surface area contributed by atoms with E-state index >= 15 is 0 Å². The fourth-order valence-electron chi connectivity index (χ4n) is 2.50. The summed E-state index contributed by atoms with van der Waals surface area (Å²) in [5.41, 5.74) is 2.52. The maximum absolute atomic E-state index is 11.4. The summed E-state index contributed by atoms with van der Waals surface area (Å²) in [4.78, 5) is 22.6. The quantitative estimate of drug-likeness (QED) is 0.635. The summed E-state index contributed by atoms with van der Waals surface area (Å²) in [5, 5.41) is 8.01. The van der Waals surface area contributed by atoms with Crippen LogP contribution in [0.1, 0.15) is 51.7 Å². The highest BCUT2D eigenvalue weighted by Crippen LogP contribution is 2.37. The summed E-state index contributed by atoms with van der Waals surface area (Å²) >= 11 is 0. The maximum atomic E-state index is 11.4. The molecule has 1 aromatic carbocycles. The summed E-state index contributed by atoms with van der Waals surface area (Å²) in [5.74, 6) is -0.0478. The number of hydrogen-bond acceptors (Lipinski definition) is 5.